The van der Waals surface area contributed by atoms with Crippen molar-refractivity contribution in [3.63, 3.8) is 0 Å². The van der Waals surface area contributed by atoms with Crippen LogP contribution in [0.2, 0.25) is 0 Å². The monoisotopic (exact) mass is 246 g/mol. The maximum absolute atomic E-state index is 9.43. The Kier molecular flexibility index (Phi) is 5.39. The van der Waals surface area contributed by atoms with Gasteiger partial charge in [0.15, 0.2) is 0 Å². The van der Waals surface area contributed by atoms with E-state index in [4.69, 9.17) is 0 Å². The molecule has 1 aliphatic rings. The van der Waals surface area contributed by atoms with Gasteiger partial charge < -0.3 is 0 Å². The van der Waals surface area contributed by atoms with Gasteiger partial charge in [-0.15, -0.1) is 5.73 Å². The van der Waals surface area contributed by atoms with Gasteiger partial charge in [0.1, 0.15) is 0 Å². The van der Waals surface area contributed by atoms with E-state index in [-0.39, 0.29) is 5.41 Å². The van der Waals surface area contributed by atoms with Gasteiger partial charge in [0.2, 0.25) is 0 Å². The molecule has 0 aromatic carbocycles. The zero-order valence-electron chi connectivity index (χ0n) is 10.2. The Hall–Kier alpha value is -1.12. The molecule has 1 saturated heterocycles. The molecule has 1 rings (SSSR count). The molecular formula is C14H19N2P. The molecule has 3 heteroatoms. The number of nitriles is 1. The first-order chi connectivity index (χ1) is 8.15. The molecule has 0 aromatic heterocycles. The smallest absolute Gasteiger partial charge is 0.0694 e. The average molecular weight is 246 g/mol. The predicted molar refractivity (Wildman–Crippen MR) is 75.2 cm³/mol. The minimum atomic E-state index is -0.241. The summed E-state index contributed by atoms with van der Waals surface area (Å²) in [4.78, 5) is 0. The molecule has 17 heavy (non-hydrogen) atoms. The highest BCUT2D eigenvalue weighted by Gasteiger charge is 2.34. The Morgan fingerprint density at radius 3 is 2.59 bits per heavy atom. The highest BCUT2D eigenvalue weighted by atomic mass is 31.0. The highest BCUT2D eigenvalue weighted by molar-refractivity contribution is 7.13. The maximum atomic E-state index is 9.43. The van der Waals surface area contributed by atoms with Gasteiger partial charge in [0.05, 0.1) is 11.5 Å². The highest BCUT2D eigenvalue weighted by Crippen LogP contribution is 2.38. The maximum Gasteiger partial charge on any atom is 0.0694 e. The molecular weight excluding hydrogens is 227 g/mol. The van der Waals surface area contributed by atoms with Gasteiger partial charge in [-0.1, -0.05) is 34.7 Å². The minimum Gasteiger partial charge on any atom is -0.287 e. The quantitative estimate of drug-likeness (QED) is 0.432. The molecule has 0 saturated carbocycles. The van der Waals surface area contributed by atoms with Gasteiger partial charge in [0.25, 0.3) is 0 Å². The Morgan fingerprint density at radius 2 is 2.12 bits per heavy atom. The van der Waals surface area contributed by atoms with Crippen LogP contribution in [0, 0.1) is 16.7 Å². The Morgan fingerprint density at radius 1 is 1.47 bits per heavy atom. The molecule has 0 aliphatic carbocycles. The van der Waals surface area contributed by atoms with E-state index >= 15 is 0 Å². The lowest BCUT2D eigenvalue weighted by Gasteiger charge is -2.35. The van der Waals surface area contributed by atoms with Gasteiger partial charge >= 0.3 is 0 Å². The second-order valence-corrected chi connectivity index (χ2v) is 5.16. The SMILES string of the molecule is C=C=C/C(=C\C=C)CC1(C#N)CCN(P)CC1. The van der Waals surface area contributed by atoms with E-state index in [2.05, 4.69) is 39.0 Å². The lowest BCUT2D eigenvalue weighted by Crippen LogP contribution is -2.34. The van der Waals surface area contributed by atoms with Crippen LogP contribution in [-0.4, -0.2) is 17.8 Å². The van der Waals surface area contributed by atoms with E-state index in [1.807, 2.05) is 12.2 Å². The molecule has 90 valence electrons. The molecule has 0 aromatic rings. The number of hydrogen-bond donors (Lipinski definition) is 0. The van der Waals surface area contributed by atoms with Crippen LogP contribution < -0.4 is 0 Å². The molecule has 0 N–H and O–H groups in total. The largest absolute Gasteiger partial charge is 0.287 e. The summed E-state index contributed by atoms with van der Waals surface area (Å²) < 4.78 is 2.19. The molecule has 2 nitrogen and oxygen atoms in total. The first-order valence-corrected chi connectivity index (χ1v) is 6.26. The van der Waals surface area contributed by atoms with Crippen molar-refractivity contribution < 1.29 is 0 Å². The fourth-order valence-electron chi connectivity index (χ4n) is 2.11. The zero-order valence-corrected chi connectivity index (χ0v) is 11.3. The van der Waals surface area contributed by atoms with Gasteiger partial charge in [0, 0.05) is 13.1 Å². The third kappa shape index (κ3) is 3.99. The fraction of sp³-hybridized carbons (Fsp3) is 0.429. The van der Waals surface area contributed by atoms with Crippen LogP contribution in [-0.2, 0) is 0 Å². The van der Waals surface area contributed by atoms with Crippen LogP contribution in [0.3, 0.4) is 0 Å². The van der Waals surface area contributed by atoms with Gasteiger partial charge in [-0.25, -0.2) is 0 Å². The van der Waals surface area contributed by atoms with Gasteiger partial charge in [-0.2, -0.15) is 5.26 Å². The summed E-state index contributed by atoms with van der Waals surface area (Å²) in [6.07, 6.45) is 8.10. The minimum absolute atomic E-state index is 0.241. The van der Waals surface area contributed by atoms with Crippen molar-refractivity contribution in [1.29, 1.82) is 5.26 Å². The molecule has 1 unspecified atom stereocenters. The van der Waals surface area contributed by atoms with Crippen LogP contribution in [0.1, 0.15) is 19.3 Å². The second kappa shape index (κ2) is 6.58. The van der Waals surface area contributed by atoms with Crippen LogP contribution in [0.15, 0.2) is 42.7 Å². The number of nitrogens with zero attached hydrogens (tertiary/aromatic N) is 2. The number of hydrogen-bond acceptors (Lipinski definition) is 2. The summed E-state index contributed by atoms with van der Waals surface area (Å²) in [5, 5.41) is 9.43. The van der Waals surface area contributed by atoms with Crippen LogP contribution in [0.25, 0.3) is 0 Å². The lowest BCUT2D eigenvalue weighted by atomic mass is 9.75. The first-order valence-electron chi connectivity index (χ1n) is 5.74. The summed E-state index contributed by atoms with van der Waals surface area (Å²) in [6.45, 7) is 9.20. The standard InChI is InChI=1S/C14H19N2P/c1-3-5-13(6-4-2)11-14(12-15)7-9-16(17)10-8-14/h3,5-6H,1-2,7-11,17H2/b13-5+. The third-order valence-electron chi connectivity index (χ3n) is 3.15. The topological polar surface area (TPSA) is 27.0 Å². The number of rotatable bonds is 4. The Bertz CT molecular complexity index is 389. The second-order valence-electron chi connectivity index (χ2n) is 4.43. The van der Waals surface area contributed by atoms with Crippen molar-refractivity contribution in [3.8, 4) is 6.07 Å². The molecule has 0 amide bonds. The summed E-state index contributed by atoms with van der Waals surface area (Å²) in [5.41, 5.74) is 3.61. The Balaban J connectivity index is 2.82. The fourth-order valence-corrected chi connectivity index (χ4v) is 2.37. The van der Waals surface area contributed by atoms with Crippen molar-refractivity contribution in [2.24, 2.45) is 5.41 Å². The molecule has 1 aliphatic heterocycles. The lowest BCUT2D eigenvalue weighted by molar-refractivity contribution is 0.223. The van der Waals surface area contributed by atoms with Gasteiger partial charge in [-0.05, 0) is 30.9 Å². The Labute approximate surface area is 106 Å². The van der Waals surface area contributed by atoms with E-state index < -0.39 is 0 Å². The summed E-state index contributed by atoms with van der Waals surface area (Å²) >= 11 is 0. The normalized spacial score (nSPS) is 20.1. The molecule has 1 fully saturated rings. The van der Waals surface area contributed by atoms with Crippen molar-refractivity contribution >= 4 is 9.39 Å². The molecule has 0 bridgehead atoms. The zero-order chi connectivity index (χ0) is 12.7. The van der Waals surface area contributed by atoms with Crippen LogP contribution in [0.4, 0.5) is 0 Å². The predicted octanol–water partition coefficient (Wildman–Crippen LogP) is 3.23. The van der Waals surface area contributed by atoms with Crippen molar-refractivity contribution in [2.75, 3.05) is 13.1 Å². The van der Waals surface area contributed by atoms with Gasteiger partial charge in [-0.3, -0.25) is 4.67 Å². The molecule has 1 atom stereocenters. The van der Waals surface area contributed by atoms with Crippen molar-refractivity contribution in [3.05, 3.63) is 42.7 Å². The van der Waals surface area contributed by atoms with E-state index in [1.54, 1.807) is 6.08 Å². The van der Waals surface area contributed by atoms with Crippen molar-refractivity contribution in [2.45, 2.75) is 19.3 Å². The van der Waals surface area contributed by atoms with E-state index in [9.17, 15) is 5.26 Å². The van der Waals surface area contributed by atoms with Crippen molar-refractivity contribution in [1.82, 2.24) is 4.67 Å². The first kappa shape index (κ1) is 13.9. The molecule has 1 heterocycles. The average Bonchev–Trinajstić information content (AvgIpc) is 2.33. The number of piperidine rings is 1. The number of allylic oxidation sites excluding steroid dienone is 4. The van der Waals surface area contributed by atoms with E-state index in [0.717, 1.165) is 37.9 Å². The summed E-state index contributed by atoms with van der Waals surface area (Å²) in [7, 11) is 2.71. The molecule has 0 spiro atoms. The molecule has 0 radical (unpaired) electrons. The summed E-state index contributed by atoms with van der Waals surface area (Å²) in [5.74, 6) is 0. The summed E-state index contributed by atoms with van der Waals surface area (Å²) in [6, 6.07) is 2.51. The van der Waals surface area contributed by atoms with E-state index in [1.165, 1.54) is 0 Å². The van der Waals surface area contributed by atoms with Crippen LogP contribution in [0.5, 0.6) is 0 Å². The van der Waals surface area contributed by atoms with Crippen LogP contribution >= 0.6 is 9.39 Å². The third-order valence-corrected chi connectivity index (χ3v) is 3.67. The van der Waals surface area contributed by atoms with E-state index in [0.29, 0.717) is 0 Å².